The molecule has 0 atom stereocenters. The second kappa shape index (κ2) is 31.5. The summed E-state index contributed by atoms with van der Waals surface area (Å²) in [6.07, 6.45) is 45.6. The average Bonchev–Trinajstić information content (AvgIpc) is 4.14. The number of thiophene rings is 5. The molecule has 0 nitrogen and oxygen atoms in total. The van der Waals surface area contributed by atoms with E-state index in [4.69, 9.17) is 0 Å². The molecule has 0 aliphatic carbocycles. The van der Waals surface area contributed by atoms with Gasteiger partial charge in [0.2, 0.25) is 0 Å². The Morgan fingerprint density at radius 1 is 0.270 bits per heavy atom. The van der Waals surface area contributed by atoms with E-state index in [0.29, 0.717) is 0 Å². The molecule has 0 unspecified atom stereocenters. The zero-order valence-electron chi connectivity index (χ0n) is 40.9. The fraction of sp³-hybridized carbons (Fsp3) is 0.655. The smallest absolute Gasteiger partial charge is 0.0481 e. The third kappa shape index (κ3) is 19.0. The molecule has 0 fully saturated rings. The Kier molecular flexibility index (Phi) is 26.2. The van der Waals surface area contributed by atoms with Crippen LogP contribution in [0.3, 0.4) is 0 Å². The third-order valence-corrected chi connectivity index (χ3v) is 19.5. The molecule has 0 bridgehead atoms. The zero-order valence-corrected chi connectivity index (χ0v) is 45.0. The predicted octanol–water partition coefficient (Wildman–Crippen LogP) is 22.7. The lowest BCUT2D eigenvalue weighted by Gasteiger charge is -2.04. The summed E-state index contributed by atoms with van der Waals surface area (Å²) in [5, 5.41) is 0. The van der Waals surface area contributed by atoms with Gasteiger partial charge in [-0.05, 0) is 112 Å². The molecule has 350 valence electrons. The van der Waals surface area contributed by atoms with E-state index in [9.17, 15) is 0 Å². The first-order chi connectivity index (χ1) is 31.0. The summed E-state index contributed by atoms with van der Waals surface area (Å²) in [6, 6.07) is 17.3. The lowest BCUT2D eigenvalue weighted by Crippen LogP contribution is -1.87. The van der Waals surface area contributed by atoms with E-state index in [0.717, 1.165) is 0 Å². The van der Waals surface area contributed by atoms with Crippen molar-refractivity contribution in [1.29, 1.82) is 0 Å². The first-order valence-corrected chi connectivity index (χ1v) is 30.6. The Labute approximate surface area is 408 Å². The van der Waals surface area contributed by atoms with E-state index >= 15 is 0 Å². The summed E-state index contributed by atoms with van der Waals surface area (Å²) in [7, 11) is 0. The van der Waals surface area contributed by atoms with Gasteiger partial charge < -0.3 is 0 Å². The van der Waals surface area contributed by atoms with Crippen molar-refractivity contribution in [3.8, 4) is 39.0 Å². The van der Waals surface area contributed by atoms with E-state index in [-0.39, 0.29) is 0 Å². The molecule has 0 aliphatic heterocycles. The molecule has 0 saturated carbocycles. The van der Waals surface area contributed by atoms with Gasteiger partial charge in [-0.3, -0.25) is 0 Å². The molecule has 0 saturated heterocycles. The maximum absolute atomic E-state index is 2.62. The van der Waals surface area contributed by atoms with Gasteiger partial charge in [0, 0.05) is 48.8 Å². The Balaban J connectivity index is 1.21. The fourth-order valence-corrected chi connectivity index (χ4v) is 15.3. The van der Waals surface area contributed by atoms with E-state index in [2.05, 4.69) is 88.4 Å². The van der Waals surface area contributed by atoms with Gasteiger partial charge in [-0.1, -0.05) is 194 Å². The second-order valence-corrected chi connectivity index (χ2v) is 24.7. The van der Waals surface area contributed by atoms with Crippen LogP contribution < -0.4 is 0 Å². The molecule has 5 aromatic heterocycles. The normalized spacial score (nSPS) is 11.8. The summed E-state index contributed by atoms with van der Waals surface area (Å²) in [4.78, 5) is 14.9. The molecule has 0 N–H and O–H groups in total. The summed E-state index contributed by atoms with van der Waals surface area (Å²) in [6.45, 7) is 11.6. The van der Waals surface area contributed by atoms with Crippen molar-refractivity contribution < 1.29 is 0 Å². The molecular formula is C58H88S5. The Bertz CT molecular complexity index is 1910. The monoisotopic (exact) mass is 945 g/mol. The van der Waals surface area contributed by atoms with Crippen LogP contribution in [0.15, 0.2) is 42.5 Å². The predicted molar refractivity (Wildman–Crippen MR) is 294 cm³/mol. The molecule has 0 radical (unpaired) electrons. The highest BCUT2D eigenvalue weighted by Gasteiger charge is 2.20. The molecule has 0 spiro atoms. The van der Waals surface area contributed by atoms with Gasteiger partial charge in [0.15, 0.2) is 0 Å². The topological polar surface area (TPSA) is 0 Å². The molecule has 5 heterocycles. The van der Waals surface area contributed by atoms with Crippen LogP contribution in [0.1, 0.15) is 240 Å². The Morgan fingerprint density at radius 3 is 0.889 bits per heavy atom. The van der Waals surface area contributed by atoms with Crippen LogP contribution in [0, 0.1) is 13.8 Å². The highest BCUT2D eigenvalue weighted by atomic mass is 32.1. The summed E-state index contributed by atoms with van der Waals surface area (Å²) in [5.41, 5.74) is 4.78. The van der Waals surface area contributed by atoms with Crippen LogP contribution in [0.5, 0.6) is 0 Å². The summed E-state index contributed by atoms with van der Waals surface area (Å²) >= 11 is 10.2. The van der Waals surface area contributed by atoms with Crippen molar-refractivity contribution in [1.82, 2.24) is 0 Å². The molecule has 0 aromatic carbocycles. The number of unbranched alkanes of at least 4 members (excludes halogenated alkanes) is 27. The Morgan fingerprint density at radius 2 is 0.540 bits per heavy atom. The average molecular weight is 946 g/mol. The van der Waals surface area contributed by atoms with Crippen molar-refractivity contribution in [3.05, 3.63) is 68.9 Å². The first kappa shape index (κ1) is 52.5. The molecule has 5 heteroatoms. The SMILES string of the molecule is CCCCCCCCCCCCc1cc(C)sc1-c1ccc(-c2ccc(-c3sc(-c4sc(C)cc4CCCCCCCCCCCC)cc3CCCCCCCCCCCC)s2)s1. The van der Waals surface area contributed by atoms with Crippen molar-refractivity contribution in [2.75, 3.05) is 0 Å². The van der Waals surface area contributed by atoms with Crippen LogP contribution in [0.4, 0.5) is 0 Å². The van der Waals surface area contributed by atoms with Crippen LogP contribution in [0.2, 0.25) is 0 Å². The van der Waals surface area contributed by atoms with Gasteiger partial charge in [0.25, 0.3) is 0 Å². The third-order valence-electron chi connectivity index (χ3n) is 13.2. The van der Waals surface area contributed by atoms with Crippen LogP contribution in [0.25, 0.3) is 39.0 Å². The van der Waals surface area contributed by atoms with E-state index < -0.39 is 0 Å². The van der Waals surface area contributed by atoms with Gasteiger partial charge in [-0.25, -0.2) is 0 Å². The molecular weight excluding hydrogens is 857 g/mol. The van der Waals surface area contributed by atoms with Crippen LogP contribution in [-0.4, -0.2) is 0 Å². The molecule has 63 heavy (non-hydrogen) atoms. The summed E-state index contributed by atoms with van der Waals surface area (Å²) < 4.78 is 0. The van der Waals surface area contributed by atoms with Gasteiger partial charge >= 0.3 is 0 Å². The number of rotatable bonds is 37. The van der Waals surface area contributed by atoms with Crippen LogP contribution in [-0.2, 0) is 19.3 Å². The number of hydrogen-bond donors (Lipinski definition) is 0. The lowest BCUT2D eigenvalue weighted by molar-refractivity contribution is 0.556. The summed E-state index contributed by atoms with van der Waals surface area (Å²) in [5.74, 6) is 0. The lowest BCUT2D eigenvalue weighted by atomic mass is 10.0. The van der Waals surface area contributed by atoms with E-state index in [1.165, 1.54) is 256 Å². The number of aryl methyl sites for hydroxylation is 5. The fourth-order valence-electron chi connectivity index (χ4n) is 9.45. The molecule has 0 aliphatic rings. The highest BCUT2D eigenvalue weighted by molar-refractivity contribution is 7.29. The first-order valence-electron chi connectivity index (χ1n) is 26.5. The van der Waals surface area contributed by atoms with Crippen LogP contribution >= 0.6 is 56.7 Å². The van der Waals surface area contributed by atoms with E-state index in [1.54, 1.807) is 21.6 Å². The molecule has 0 amide bonds. The number of hydrogen-bond acceptors (Lipinski definition) is 5. The minimum Gasteiger partial charge on any atom is -0.139 e. The van der Waals surface area contributed by atoms with Crippen molar-refractivity contribution in [3.63, 3.8) is 0 Å². The zero-order chi connectivity index (χ0) is 44.3. The molecule has 5 aromatic rings. The van der Waals surface area contributed by atoms with E-state index in [1.807, 2.05) is 45.3 Å². The largest absolute Gasteiger partial charge is 0.139 e. The maximum Gasteiger partial charge on any atom is 0.0481 e. The quantitative estimate of drug-likeness (QED) is 0.0348. The van der Waals surface area contributed by atoms with Gasteiger partial charge in [-0.2, -0.15) is 0 Å². The molecule has 5 rings (SSSR count). The van der Waals surface area contributed by atoms with Gasteiger partial charge in [0.1, 0.15) is 0 Å². The maximum atomic E-state index is 2.62. The van der Waals surface area contributed by atoms with Crippen molar-refractivity contribution in [2.24, 2.45) is 0 Å². The minimum atomic E-state index is 1.20. The Hall–Kier alpha value is -1.50. The van der Waals surface area contributed by atoms with Gasteiger partial charge in [-0.15, -0.1) is 56.7 Å². The highest BCUT2D eigenvalue weighted by Crippen LogP contribution is 2.48. The van der Waals surface area contributed by atoms with Crippen molar-refractivity contribution in [2.45, 2.75) is 247 Å². The second-order valence-electron chi connectivity index (χ2n) is 19.0. The minimum absolute atomic E-state index is 1.20. The van der Waals surface area contributed by atoms with Crippen molar-refractivity contribution >= 4 is 56.7 Å². The van der Waals surface area contributed by atoms with Gasteiger partial charge in [0.05, 0.1) is 0 Å². The standard InChI is InChI=1S/C58H88S5/c1-6-9-12-15-18-21-24-27-30-33-36-48-43-46(4)59-56(48)53-41-39-51(61-53)52-40-42-54(62-52)57-50(38-35-32-29-26-23-20-17-14-11-8-3)45-55(63-57)58-49(44-47(5)60-58)37-34-31-28-25-22-19-16-13-10-7-2/h39-45H,6-38H2,1-5H3.